The van der Waals surface area contributed by atoms with Gasteiger partial charge in [0.1, 0.15) is 0 Å². The summed E-state index contributed by atoms with van der Waals surface area (Å²) in [6.07, 6.45) is 2.26. The zero-order chi connectivity index (χ0) is 13.6. The maximum absolute atomic E-state index is 5.49. The molecule has 0 saturated heterocycles. The molecule has 0 fully saturated rings. The van der Waals surface area contributed by atoms with Crippen LogP contribution in [0.5, 0.6) is 0 Å². The summed E-state index contributed by atoms with van der Waals surface area (Å²) >= 11 is 3.56. The molecule has 0 aliphatic rings. The van der Waals surface area contributed by atoms with E-state index >= 15 is 0 Å². The van der Waals surface area contributed by atoms with Gasteiger partial charge in [0.15, 0.2) is 0 Å². The third-order valence-corrected chi connectivity index (χ3v) is 3.80. The van der Waals surface area contributed by atoms with Crippen LogP contribution in [0.2, 0.25) is 0 Å². The number of halogens is 1. The summed E-state index contributed by atoms with van der Waals surface area (Å²) in [6.45, 7) is 9.59. The summed E-state index contributed by atoms with van der Waals surface area (Å²) < 4.78 is 1.15. The number of aryl methyl sites for hydroxylation is 1. The van der Waals surface area contributed by atoms with E-state index in [0.717, 1.165) is 36.9 Å². The molecule has 0 heterocycles. The van der Waals surface area contributed by atoms with Gasteiger partial charge in [0.05, 0.1) is 0 Å². The Hall–Kier alpha value is -0.380. The second-order valence-electron chi connectivity index (χ2n) is 5.52. The molecule has 3 N–H and O–H groups in total. The fourth-order valence-corrected chi connectivity index (χ4v) is 2.57. The van der Waals surface area contributed by atoms with Crippen LogP contribution in [0.1, 0.15) is 37.8 Å². The molecule has 0 saturated carbocycles. The van der Waals surface area contributed by atoms with E-state index < -0.39 is 0 Å². The van der Waals surface area contributed by atoms with E-state index in [1.807, 2.05) is 0 Å². The van der Waals surface area contributed by atoms with Crippen molar-refractivity contribution in [1.82, 2.24) is 5.32 Å². The van der Waals surface area contributed by atoms with Crippen molar-refractivity contribution in [2.75, 3.05) is 19.6 Å². The van der Waals surface area contributed by atoms with Gasteiger partial charge in [-0.05, 0) is 56.1 Å². The molecule has 2 nitrogen and oxygen atoms in total. The van der Waals surface area contributed by atoms with Crippen LogP contribution in [0.3, 0.4) is 0 Å². The monoisotopic (exact) mass is 312 g/mol. The zero-order valence-corrected chi connectivity index (χ0v) is 13.3. The van der Waals surface area contributed by atoms with Gasteiger partial charge in [-0.25, -0.2) is 0 Å². The number of benzene rings is 1. The zero-order valence-electron chi connectivity index (χ0n) is 11.7. The standard InChI is InChI=1S/C15H25BrN2/c1-12-6-7-13(16)10-14(12)15(2,3)11-18-9-5-4-8-17/h6-7,10,18H,4-5,8-9,11,17H2,1-3H3. The summed E-state index contributed by atoms with van der Waals surface area (Å²) in [7, 11) is 0. The first kappa shape index (κ1) is 15.7. The highest BCUT2D eigenvalue weighted by atomic mass is 79.9. The highest BCUT2D eigenvalue weighted by Crippen LogP contribution is 2.28. The van der Waals surface area contributed by atoms with Crippen LogP contribution in [0.25, 0.3) is 0 Å². The Bertz CT molecular complexity index is 375. The fraction of sp³-hybridized carbons (Fsp3) is 0.600. The number of nitrogens with one attached hydrogen (secondary N) is 1. The molecule has 0 aliphatic carbocycles. The van der Waals surface area contributed by atoms with Gasteiger partial charge < -0.3 is 11.1 Å². The molecule has 0 unspecified atom stereocenters. The molecule has 1 aromatic rings. The molecule has 0 bridgehead atoms. The number of unbranched alkanes of at least 4 members (excludes halogenated alkanes) is 1. The summed E-state index contributed by atoms with van der Waals surface area (Å²) in [5, 5.41) is 3.53. The van der Waals surface area contributed by atoms with Crippen molar-refractivity contribution in [2.45, 2.75) is 39.0 Å². The van der Waals surface area contributed by atoms with Crippen LogP contribution in [0.15, 0.2) is 22.7 Å². The molecule has 0 aliphatic heterocycles. The first-order chi connectivity index (χ1) is 8.47. The van der Waals surface area contributed by atoms with Crippen molar-refractivity contribution < 1.29 is 0 Å². The van der Waals surface area contributed by atoms with Crippen molar-refractivity contribution in [3.05, 3.63) is 33.8 Å². The van der Waals surface area contributed by atoms with Crippen LogP contribution in [-0.2, 0) is 5.41 Å². The minimum Gasteiger partial charge on any atom is -0.330 e. The lowest BCUT2D eigenvalue weighted by molar-refractivity contribution is 0.462. The molecular formula is C15H25BrN2. The predicted molar refractivity (Wildman–Crippen MR) is 83.1 cm³/mol. The van der Waals surface area contributed by atoms with Gasteiger partial charge >= 0.3 is 0 Å². The normalized spacial score (nSPS) is 11.8. The average molecular weight is 313 g/mol. The largest absolute Gasteiger partial charge is 0.330 e. The van der Waals surface area contributed by atoms with Gasteiger partial charge in [0.25, 0.3) is 0 Å². The molecule has 0 aromatic heterocycles. The van der Waals surface area contributed by atoms with E-state index in [4.69, 9.17) is 5.73 Å². The van der Waals surface area contributed by atoms with E-state index in [0.29, 0.717) is 0 Å². The van der Waals surface area contributed by atoms with Crippen molar-refractivity contribution in [1.29, 1.82) is 0 Å². The third-order valence-electron chi connectivity index (χ3n) is 3.30. The Labute approximate surface area is 119 Å². The van der Waals surface area contributed by atoms with Gasteiger partial charge in [0, 0.05) is 16.4 Å². The minimum atomic E-state index is 0.149. The smallest absolute Gasteiger partial charge is 0.0178 e. The fourth-order valence-electron chi connectivity index (χ4n) is 2.21. The second kappa shape index (κ2) is 7.27. The topological polar surface area (TPSA) is 38.0 Å². The van der Waals surface area contributed by atoms with Crippen molar-refractivity contribution in [3.63, 3.8) is 0 Å². The van der Waals surface area contributed by atoms with Gasteiger partial charge in [0.2, 0.25) is 0 Å². The first-order valence-electron chi connectivity index (χ1n) is 6.65. The molecule has 18 heavy (non-hydrogen) atoms. The Morgan fingerprint density at radius 3 is 2.67 bits per heavy atom. The lowest BCUT2D eigenvalue weighted by atomic mass is 9.82. The van der Waals surface area contributed by atoms with Crippen LogP contribution in [-0.4, -0.2) is 19.6 Å². The van der Waals surface area contributed by atoms with Crippen LogP contribution < -0.4 is 11.1 Å². The summed E-state index contributed by atoms with van der Waals surface area (Å²) in [6, 6.07) is 6.51. The summed E-state index contributed by atoms with van der Waals surface area (Å²) in [5.74, 6) is 0. The number of rotatable bonds is 7. The minimum absolute atomic E-state index is 0.149. The van der Waals surface area contributed by atoms with E-state index in [2.05, 4.69) is 60.2 Å². The lowest BCUT2D eigenvalue weighted by Gasteiger charge is -2.28. The number of hydrogen-bond donors (Lipinski definition) is 2. The maximum Gasteiger partial charge on any atom is 0.0178 e. The molecule has 0 atom stereocenters. The van der Waals surface area contributed by atoms with Gasteiger partial charge in [-0.3, -0.25) is 0 Å². The summed E-state index contributed by atoms with van der Waals surface area (Å²) in [5.41, 5.74) is 8.40. The van der Waals surface area contributed by atoms with Crippen LogP contribution >= 0.6 is 15.9 Å². The molecule has 1 aromatic carbocycles. The number of nitrogens with two attached hydrogens (primary N) is 1. The maximum atomic E-state index is 5.49. The molecular weight excluding hydrogens is 288 g/mol. The average Bonchev–Trinajstić information content (AvgIpc) is 2.32. The summed E-state index contributed by atoms with van der Waals surface area (Å²) in [4.78, 5) is 0. The predicted octanol–water partition coefficient (Wildman–Crippen LogP) is 3.36. The molecule has 0 radical (unpaired) electrons. The Morgan fingerprint density at radius 1 is 1.28 bits per heavy atom. The van der Waals surface area contributed by atoms with E-state index in [1.165, 1.54) is 11.1 Å². The quantitative estimate of drug-likeness (QED) is 0.758. The highest BCUT2D eigenvalue weighted by molar-refractivity contribution is 9.10. The van der Waals surface area contributed by atoms with Gasteiger partial charge in [-0.1, -0.05) is 35.8 Å². The third kappa shape index (κ3) is 4.71. The van der Waals surface area contributed by atoms with Crippen molar-refractivity contribution in [2.24, 2.45) is 5.73 Å². The van der Waals surface area contributed by atoms with Crippen molar-refractivity contribution in [3.8, 4) is 0 Å². The Kier molecular flexibility index (Phi) is 6.33. The van der Waals surface area contributed by atoms with E-state index in [9.17, 15) is 0 Å². The Morgan fingerprint density at radius 2 is 2.00 bits per heavy atom. The molecule has 3 heteroatoms. The van der Waals surface area contributed by atoms with E-state index in [-0.39, 0.29) is 5.41 Å². The SMILES string of the molecule is Cc1ccc(Br)cc1C(C)(C)CNCCCCN. The van der Waals surface area contributed by atoms with Crippen LogP contribution in [0.4, 0.5) is 0 Å². The first-order valence-corrected chi connectivity index (χ1v) is 7.44. The molecule has 0 amide bonds. The van der Waals surface area contributed by atoms with Crippen molar-refractivity contribution >= 4 is 15.9 Å². The highest BCUT2D eigenvalue weighted by Gasteiger charge is 2.22. The number of hydrogen-bond acceptors (Lipinski definition) is 2. The van der Waals surface area contributed by atoms with Gasteiger partial charge in [-0.2, -0.15) is 0 Å². The molecule has 0 spiro atoms. The lowest BCUT2D eigenvalue weighted by Crippen LogP contribution is -2.34. The van der Waals surface area contributed by atoms with Gasteiger partial charge in [-0.15, -0.1) is 0 Å². The molecule has 102 valence electrons. The van der Waals surface area contributed by atoms with E-state index in [1.54, 1.807) is 0 Å². The Balaban J connectivity index is 2.59. The molecule has 1 rings (SSSR count). The van der Waals surface area contributed by atoms with Crippen LogP contribution in [0, 0.1) is 6.92 Å². The second-order valence-corrected chi connectivity index (χ2v) is 6.43.